The second-order valence-electron chi connectivity index (χ2n) is 6.77. The summed E-state index contributed by atoms with van der Waals surface area (Å²) in [4.78, 5) is 23.2. The van der Waals surface area contributed by atoms with Crippen molar-refractivity contribution in [3.8, 4) is 5.88 Å². The van der Waals surface area contributed by atoms with Gasteiger partial charge >= 0.3 is 6.03 Å². The van der Waals surface area contributed by atoms with E-state index in [0.717, 1.165) is 28.6 Å². The van der Waals surface area contributed by atoms with Crippen LogP contribution in [0.15, 0.2) is 36.4 Å². The van der Waals surface area contributed by atoms with Crippen LogP contribution in [0.4, 0.5) is 16.2 Å². The smallest absolute Gasteiger partial charge is 0.326 e. The summed E-state index contributed by atoms with van der Waals surface area (Å²) in [5, 5.41) is 7.36. The Balaban J connectivity index is 1.51. The topological polar surface area (TPSA) is 85.2 Å². The molecule has 8 nitrogen and oxygen atoms in total. The number of nitrogens with zero attached hydrogens (tertiary/aromatic N) is 5. The van der Waals surface area contributed by atoms with Crippen LogP contribution in [0.25, 0.3) is 0 Å². The van der Waals surface area contributed by atoms with Crippen molar-refractivity contribution in [2.24, 2.45) is 0 Å². The van der Waals surface area contributed by atoms with Gasteiger partial charge in [-0.3, -0.25) is 4.90 Å². The Morgan fingerprint density at radius 1 is 1.18 bits per heavy atom. The zero-order valence-electron chi connectivity index (χ0n) is 16.1. The maximum Gasteiger partial charge on any atom is 0.326 e. The highest BCUT2D eigenvalue weighted by atomic mass is 16.5. The Kier molecular flexibility index (Phi) is 4.68. The molecule has 0 atom stereocenters. The number of carbonyl (C=O) groups excluding carboxylic acids is 1. The molecule has 0 saturated heterocycles. The quantitative estimate of drug-likeness (QED) is 0.757. The minimum Gasteiger partial charge on any atom is -0.474 e. The number of carbonyl (C=O) groups is 1. The number of pyridine rings is 1. The molecule has 3 aromatic rings. The first-order valence-electron chi connectivity index (χ1n) is 9.15. The molecule has 1 aliphatic heterocycles. The Morgan fingerprint density at radius 3 is 2.82 bits per heavy atom. The number of hydrogen-bond donors (Lipinski definition) is 1. The zero-order chi connectivity index (χ0) is 19.7. The molecule has 4 rings (SSSR count). The summed E-state index contributed by atoms with van der Waals surface area (Å²) in [6, 6.07) is 11.3. The van der Waals surface area contributed by atoms with Gasteiger partial charge in [-0.25, -0.2) is 19.4 Å². The Hall–Kier alpha value is -3.42. The molecule has 1 aliphatic rings. The average Bonchev–Trinajstić information content (AvgIpc) is 2.98. The van der Waals surface area contributed by atoms with Crippen molar-refractivity contribution in [2.75, 3.05) is 23.4 Å². The van der Waals surface area contributed by atoms with Gasteiger partial charge in [0.1, 0.15) is 23.9 Å². The molecule has 0 radical (unpaired) electrons. The van der Waals surface area contributed by atoms with Gasteiger partial charge in [0, 0.05) is 11.4 Å². The van der Waals surface area contributed by atoms with E-state index in [4.69, 9.17) is 4.74 Å². The number of urea groups is 1. The third kappa shape index (κ3) is 3.66. The van der Waals surface area contributed by atoms with E-state index in [1.165, 1.54) is 0 Å². The van der Waals surface area contributed by atoms with Crippen molar-refractivity contribution in [1.82, 2.24) is 19.7 Å². The van der Waals surface area contributed by atoms with Crippen LogP contribution in [-0.2, 0) is 6.54 Å². The van der Waals surface area contributed by atoms with Crippen LogP contribution in [-0.4, -0.2) is 38.9 Å². The van der Waals surface area contributed by atoms with Gasteiger partial charge in [0.2, 0.25) is 5.88 Å². The highest BCUT2D eigenvalue weighted by molar-refractivity contribution is 6.02. The lowest BCUT2D eigenvalue weighted by Gasteiger charge is -2.28. The molecule has 28 heavy (non-hydrogen) atoms. The highest BCUT2D eigenvalue weighted by Gasteiger charge is 2.25. The number of fused-ring (bicyclic) bond motifs is 1. The second kappa shape index (κ2) is 7.30. The summed E-state index contributed by atoms with van der Waals surface area (Å²) in [5.74, 6) is 2.10. The molecule has 0 bridgehead atoms. The van der Waals surface area contributed by atoms with E-state index in [2.05, 4.69) is 20.4 Å². The molecular formula is C20H22N6O2. The van der Waals surface area contributed by atoms with Gasteiger partial charge in [0.25, 0.3) is 0 Å². The summed E-state index contributed by atoms with van der Waals surface area (Å²) in [6.07, 6.45) is 0. The fraction of sp³-hybridized carbons (Fsp3) is 0.300. The molecular weight excluding hydrogens is 356 g/mol. The predicted molar refractivity (Wildman–Crippen MR) is 106 cm³/mol. The van der Waals surface area contributed by atoms with Gasteiger partial charge < -0.3 is 10.1 Å². The van der Waals surface area contributed by atoms with Gasteiger partial charge in [0.05, 0.1) is 13.1 Å². The minimum atomic E-state index is -0.208. The van der Waals surface area contributed by atoms with Gasteiger partial charge in [-0.1, -0.05) is 12.1 Å². The lowest BCUT2D eigenvalue weighted by molar-refractivity contribution is 0.248. The molecule has 0 fully saturated rings. The number of aryl methyl sites for hydroxylation is 3. The van der Waals surface area contributed by atoms with E-state index in [9.17, 15) is 4.79 Å². The molecule has 2 amide bonds. The highest BCUT2D eigenvalue weighted by Crippen LogP contribution is 2.30. The molecule has 0 spiro atoms. The SMILES string of the molecule is Cc1ccc2c(n1)OCCN2C(=O)Nc1cccc(Cn2nc(C)nc2C)c1. The fourth-order valence-corrected chi connectivity index (χ4v) is 3.22. The molecule has 1 N–H and O–H groups in total. The summed E-state index contributed by atoms with van der Waals surface area (Å²) in [5.41, 5.74) is 3.29. The third-order valence-electron chi connectivity index (χ3n) is 4.54. The van der Waals surface area contributed by atoms with Crippen LogP contribution in [0.3, 0.4) is 0 Å². The van der Waals surface area contributed by atoms with Gasteiger partial charge in [-0.2, -0.15) is 5.10 Å². The van der Waals surface area contributed by atoms with Crippen LogP contribution in [0.2, 0.25) is 0 Å². The summed E-state index contributed by atoms with van der Waals surface area (Å²) in [7, 11) is 0. The standard InChI is InChI=1S/C20H22N6O2/c1-13-7-8-18-19(21-13)28-10-9-25(18)20(27)23-17-6-4-5-16(11-17)12-26-15(3)22-14(2)24-26/h4-8,11H,9-10,12H2,1-3H3,(H,23,27). The van der Waals surface area contributed by atoms with Gasteiger partial charge in [-0.05, 0) is 50.6 Å². The zero-order valence-corrected chi connectivity index (χ0v) is 16.1. The number of nitrogens with one attached hydrogen (secondary N) is 1. The lowest BCUT2D eigenvalue weighted by Crippen LogP contribution is -2.41. The normalized spacial score (nSPS) is 13.0. The number of hydrogen-bond acceptors (Lipinski definition) is 5. The van der Waals surface area contributed by atoms with Crippen LogP contribution in [0.5, 0.6) is 5.88 Å². The van der Waals surface area contributed by atoms with E-state index >= 15 is 0 Å². The first kappa shape index (κ1) is 18.0. The van der Waals surface area contributed by atoms with Gasteiger partial charge in [-0.15, -0.1) is 0 Å². The maximum absolute atomic E-state index is 12.8. The van der Waals surface area contributed by atoms with E-state index in [-0.39, 0.29) is 6.03 Å². The van der Waals surface area contributed by atoms with Crippen LogP contribution >= 0.6 is 0 Å². The third-order valence-corrected chi connectivity index (χ3v) is 4.54. The first-order valence-corrected chi connectivity index (χ1v) is 9.15. The maximum atomic E-state index is 12.8. The molecule has 144 valence electrons. The Labute approximate surface area is 163 Å². The van der Waals surface area contributed by atoms with Crippen LogP contribution < -0.4 is 15.0 Å². The lowest BCUT2D eigenvalue weighted by atomic mass is 10.2. The largest absolute Gasteiger partial charge is 0.474 e. The number of ether oxygens (including phenoxy) is 1. The van der Waals surface area contributed by atoms with Crippen molar-refractivity contribution < 1.29 is 9.53 Å². The van der Waals surface area contributed by atoms with Crippen molar-refractivity contribution in [3.05, 3.63) is 59.3 Å². The van der Waals surface area contributed by atoms with E-state index in [1.54, 1.807) is 4.90 Å². The minimum absolute atomic E-state index is 0.208. The van der Waals surface area contributed by atoms with Crippen molar-refractivity contribution in [2.45, 2.75) is 27.3 Å². The number of amides is 2. The fourth-order valence-electron chi connectivity index (χ4n) is 3.22. The van der Waals surface area contributed by atoms with Crippen molar-refractivity contribution in [1.29, 1.82) is 0 Å². The summed E-state index contributed by atoms with van der Waals surface area (Å²) >= 11 is 0. The van der Waals surface area contributed by atoms with E-state index in [1.807, 2.05) is 61.9 Å². The molecule has 0 aliphatic carbocycles. The molecule has 8 heteroatoms. The molecule has 0 saturated carbocycles. The Bertz CT molecular complexity index is 1030. The van der Waals surface area contributed by atoms with E-state index in [0.29, 0.717) is 31.3 Å². The van der Waals surface area contributed by atoms with Crippen molar-refractivity contribution >= 4 is 17.4 Å². The van der Waals surface area contributed by atoms with Crippen LogP contribution in [0, 0.1) is 20.8 Å². The van der Waals surface area contributed by atoms with Crippen molar-refractivity contribution in [3.63, 3.8) is 0 Å². The molecule has 3 heterocycles. The van der Waals surface area contributed by atoms with Gasteiger partial charge in [0.15, 0.2) is 0 Å². The van der Waals surface area contributed by atoms with E-state index < -0.39 is 0 Å². The number of benzene rings is 1. The number of rotatable bonds is 3. The summed E-state index contributed by atoms with van der Waals surface area (Å²) in [6.45, 7) is 7.18. The number of anilines is 2. The number of aromatic nitrogens is 4. The molecule has 0 unspecified atom stereocenters. The summed E-state index contributed by atoms with van der Waals surface area (Å²) < 4.78 is 7.43. The monoisotopic (exact) mass is 378 g/mol. The molecule has 1 aromatic carbocycles. The predicted octanol–water partition coefficient (Wildman–Crippen LogP) is 3.08. The average molecular weight is 378 g/mol. The Morgan fingerprint density at radius 2 is 2.04 bits per heavy atom. The first-order chi connectivity index (χ1) is 13.5. The van der Waals surface area contributed by atoms with Crippen LogP contribution in [0.1, 0.15) is 22.9 Å². The second-order valence-corrected chi connectivity index (χ2v) is 6.77. The molecule has 2 aromatic heterocycles.